The van der Waals surface area contributed by atoms with Crippen LogP contribution in [0.5, 0.6) is 0 Å². The highest BCUT2D eigenvalue weighted by atomic mass is 32.1. The van der Waals surface area contributed by atoms with E-state index in [1.807, 2.05) is 6.92 Å². The van der Waals surface area contributed by atoms with Gasteiger partial charge in [0.1, 0.15) is 10.3 Å². The fourth-order valence-corrected chi connectivity index (χ4v) is 3.11. The fourth-order valence-electron chi connectivity index (χ4n) is 2.33. The van der Waals surface area contributed by atoms with Gasteiger partial charge >= 0.3 is 6.09 Å². The summed E-state index contributed by atoms with van der Waals surface area (Å²) in [5.41, 5.74) is 0.792. The Morgan fingerprint density at radius 3 is 2.52 bits per heavy atom. The van der Waals surface area contributed by atoms with Gasteiger partial charge in [-0.15, -0.1) is 0 Å². The molecule has 0 bridgehead atoms. The third kappa shape index (κ3) is 2.84. The van der Waals surface area contributed by atoms with Crippen LogP contribution in [0.2, 0.25) is 0 Å². The predicted octanol–water partition coefficient (Wildman–Crippen LogP) is 3.34. The Bertz CT molecular complexity index is 689. The molecule has 2 aromatic heterocycles. The summed E-state index contributed by atoms with van der Waals surface area (Å²) >= 11 is 1.42. The van der Waals surface area contributed by atoms with Crippen molar-refractivity contribution in [1.29, 1.82) is 0 Å². The summed E-state index contributed by atoms with van der Waals surface area (Å²) < 4.78 is 0. The number of pyridine rings is 1. The van der Waals surface area contributed by atoms with Gasteiger partial charge in [-0.2, -0.15) is 0 Å². The lowest BCUT2D eigenvalue weighted by Crippen LogP contribution is -2.45. The third-order valence-corrected chi connectivity index (χ3v) is 3.95. The van der Waals surface area contributed by atoms with Crippen LogP contribution in [-0.4, -0.2) is 31.8 Å². The van der Waals surface area contributed by atoms with E-state index >= 15 is 0 Å². The summed E-state index contributed by atoms with van der Waals surface area (Å²) in [6.07, 6.45) is -0.421. The first-order valence-corrected chi connectivity index (χ1v) is 7.42. The summed E-state index contributed by atoms with van der Waals surface area (Å²) in [6, 6.07) is 0. The molecule has 0 radical (unpaired) electrons. The van der Waals surface area contributed by atoms with Crippen LogP contribution in [0, 0.1) is 6.92 Å². The van der Waals surface area contributed by atoms with Crippen LogP contribution in [0.3, 0.4) is 0 Å². The lowest BCUT2D eigenvalue weighted by atomic mass is 10.0. The van der Waals surface area contributed by atoms with Crippen molar-refractivity contribution in [2.75, 3.05) is 4.90 Å². The van der Waals surface area contributed by atoms with Crippen LogP contribution in [-0.2, 0) is 0 Å². The number of nitrogens with zero attached hydrogens (tertiary/aromatic N) is 3. The number of aromatic nitrogens is 2. The summed E-state index contributed by atoms with van der Waals surface area (Å²) in [5.74, 6) is 0. The fraction of sp³-hybridized carbons (Fsp3) is 0.500. The molecule has 7 heteroatoms. The van der Waals surface area contributed by atoms with Gasteiger partial charge in [-0.1, -0.05) is 11.3 Å². The second-order valence-corrected chi connectivity index (χ2v) is 7.09. The van der Waals surface area contributed by atoms with Crippen LogP contribution in [0.15, 0.2) is 6.20 Å². The second kappa shape index (κ2) is 5.23. The van der Waals surface area contributed by atoms with Crippen LogP contribution in [0.25, 0.3) is 10.3 Å². The first-order valence-electron chi connectivity index (χ1n) is 6.60. The van der Waals surface area contributed by atoms with E-state index in [1.54, 1.807) is 27.7 Å². The maximum absolute atomic E-state index is 11.7. The van der Waals surface area contributed by atoms with Crippen molar-refractivity contribution in [3.05, 3.63) is 16.8 Å². The van der Waals surface area contributed by atoms with E-state index in [-0.39, 0.29) is 0 Å². The molecule has 0 aromatic carbocycles. The molecule has 1 atom stereocenters. The molecule has 21 heavy (non-hydrogen) atoms. The van der Waals surface area contributed by atoms with E-state index in [1.165, 1.54) is 22.4 Å². The molecule has 0 saturated heterocycles. The van der Waals surface area contributed by atoms with E-state index in [4.69, 9.17) is 0 Å². The maximum Gasteiger partial charge on any atom is 0.412 e. The largest absolute Gasteiger partial charge is 0.465 e. The van der Waals surface area contributed by atoms with Gasteiger partial charge < -0.3 is 10.2 Å². The number of hydrogen-bond acceptors (Lipinski definition) is 5. The molecule has 1 amide bonds. The summed E-state index contributed by atoms with van der Waals surface area (Å²) in [6.45, 7) is 8.85. The van der Waals surface area contributed by atoms with Gasteiger partial charge in [0.2, 0.25) is 0 Å². The van der Waals surface area contributed by atoms with Crippen LogP contribution < -0.4 is 4.90 Å². The number of fused-ring (bicyclic) bond motifs is 1. The topological polar surface area (TPSA) is 86.6 Å². The number of carbonyl (C=O) groups is 1. The van der Waals surface area contributed by atoms with Gasteiger partial charge in [0.05, 0.1) is 23.0 Å². The van der Waals surface area contributed by atoms with Crippen molar-refractivity contribution < 1.29 is 15.0 Å². The Kier molecular flexibility index (Phi) is 3.90. The molecule has 6 nitrogen and oxygen atoms in total. The number of carboxylic acid groups (broad SMARTS) is 1. The molecule has 0 spiro atoms. The highest BCUT2D eigenvalue weighted by Gasteiger charge is 2.32. The molecule has 1 unspecified atom stereocenters. The van der Waals surface area contributed by atoms with Gasteiger partial charge in [0.15, 0.2) is 0 Å². The lowest BCUT2D eigenvalue weighted by molar-refractivity contribution is 0.192. The molecular formula is C14H19N3O3S. The summed E-state index contributed by atoms with van der Waals surface area (Å²) in [5, 5.41) is 20.5. The van der Waals surface area contributed by atoms with Gasteiger partial charge in [-0.3, -0.25) is 4.90 Å². The first kappa shape index (κ1) is 15.7. The van der Waals surface area contributed by atoms with Crippen molar-refractivity contribution in [3.8, 4) is 0 Å². The van der Waals surface area contributed by atoms with Crippen LogP contribution in [0.4, 0.5) is 10.5 Å². The Morgan fingerprint density at radius 2 is 2.05 bits per heavy atom. The smallest absolute Gasteiger partial charge is 0.412 e. The Morgan fingerprint density at radius 1 is 1.43 bits per heavy atom. The standard InChI is InChI=1S/C14H19N3O3S/c1-7(18)10-9(17(13(19)20)14(3,4)5)6-15-12-11(10)16-8(2)21-12/h6-7,18H,1-5H3,(H,19,20). The average molecular weight is 309 g/mol. The molecule has 0 aliphatic carbocycles. The average Bonchev–Trinajstić information content (AvgIpc) is 2.65. The summed E-state index contributed by atoms with van der Waals surface area (Å²) in [7, 11) is 0. The number of rotatable bonds is 2. The van der Waals surface area contributed by atoms with Crippen LogP contribution in [0.1, 0.15) is 44.4 Å². The number of anilines is 1. The van der Waals surface area contributed by atoms with Crippen LogP contribution >= 0.6 is 11.3 Å². The Balaban J connectivity index is 2.78. The normalized spacial score (nSPS) is 13.4. The van der Waals surface area contributed by atoms with Gasteiger partial charge in [-0.25, -0.2) is 14.8 Å². The number of aliphatic hydroxyl groups excluding tert-OH is 1. The second-order valence-electron chi connectivity index (χ2n) is 5.91. The van der Waals surface area contributed by atoms with E-state index in [0.717, 1.165) is 5.01 Å². The Hall–Kier alpha value is -1.73. The molecular weight excluding hydrogens is 290 g/mol. The minimum absolute atomic E-state index is 0.378. The van der Waals surface area contributed by atoms with E-state index in [2.05, 4.69) is 9.97 Å². The highest BCUT2D eigenvalue weighted by Crippen LogP contribution is 2.36. The quantitative estimate of drug-likeness (QED) is 0.888. The van der Waals surface area contributed by atoms with Crippen molar-refractivity contribution >= 4 is 33.5 Å². The molecule has 2 N–H and O–H groups in total. The number of hydrogen-bond donors (Lipinski definition) is 2. The lowest BCUT2D eigenvalue weighted by Gasteiger charge is -2.34. The van der Waals surface area contributed by atoms with Crippen molar-refractivity contribution in [2.45, 2.75) is 46.3 Å². The molecule has 0 aliphatic rings. The van der Waals surface area contributed by atoms with Crippen molar-refractivity contribution in [2.24, 2.45) is 0 Å². The van der Waals surface area contributed by atoms with Crippen molar-refractivity contribution in [3.63, 3.8) is 0 Å². The zero-order valence-electron chi connectivity index (χ0n) is 12.7. The van der Waals surface area contributed by atoms with E-state index in [9.17, 15) is 15.0 Å². The molecule has 2 aromatic rings. The number of thiazole rings is 1. The molecule has 0 aliphatic heterocycles. The monoisotopic (exact) mass is 309 g/mol. The molecule has 114 valence electrons. The first-order chi connectivity index (χ1) is 9.62. The minimum atomic E-state index is -1.09. The third-order valence-electron chi connectivity index (χ3n) is 3.07. The minimum Gasteiger partial charge on any atom is -0.465 e. The van der Waals surface area contributed by atoms with Gasteiger partial charge in [0.25, 0.3) is 0 Å². The zero-order chi connectivity index (χ0) is 15.9. The maximum atomic E-state index is 11.7. The number of aryl methyl sites for hydroxylation is 1. The number of aliphatic hydroxyl groups is 1. The highest BCUT2D eigenvalue weighted by molar-refractivity contribution is 7.18. The molecule has 2 rings (SSSR count). The zero-order valence-corrected chi connectivity index (χ0v) is 13.5. The number of amides is 1. The van der Waals surface area contributed by atoms with E-state index < -0.39 is 17.7 Å². The van der Waals surface area contributed by atoms with Gasteiger partial charge in [0, 0.05) is 11.1 Å². The molecule has 0 fully saturated rings. The summed E-state index contributed by atoms with van der Waals surface area (Å²) in [4.78, 5) is 22.3. The van der Waals surface area contributed by atoms with Gasteiger partial charge in [-0.05, 0) is 34.6 Å². The van der Waals surface area contributed by atoms with E-state index in [0.29, 0.717) is 21.6 Å². The predicted molar refractivity (Wildman–Crippen MR) is 83.0 cm³/mol. The van der Waals surface area contributed by atoms with Crippen molar-refractivity contribution in [1.82, 2.24) is 9.97 Å². The SMILES string of the molecule is Cc1nc2c(C(C)O)c(N(C(=O)O)C(C)(C)C)cnc2s1. The molecule has 2 heterocycles. The Labute approximate surface area is 127 Å². The molecule has 0 saturated carbocycles.